The third-order valence-electron chi connectivity index (χ3n) is 13.0. The van der Waals surface area contributed by atoms with Crippen LogP contribution in [0.3, 0.4) is 0 Å². The van der Waals surface area contributed by atoms with Gasteiger partial charge in [0.15, 0.2) is 0 Å². The van der Waals surface area contributed by atoms with E-state index in [1.807, 2.05) is 0 Å². The second-order valence-electron chi connectivity index (χ2n) is 16.3. The molecule has 0 amide bonds. The number of hydrogen-bond acceptors (Lipinski definition) is 0. The summed E-state index contributed by atoms with van der Waals surface area (Å²) in [6.45, 7) is 4.85. The van der Waals surface area contributed by atoms with Crippen molar-refractivity contribution in [3.8, 4) is 44.5 Å². The van der Waals surface area contributed by atoms with Crippen molar-refractivity contribution in [1.29, 1.82) is 0 Å². The van der Waals surface area contributed by atoms with Crippen LogP contribution in [0.5, 0.6) is 0 Å². The molecule has 0 aliphatic heterocycles. The Hall–Kier alpha value is -7.02. The second kappa shape index (κ2) is 12.0. The molecule has 11 aromatic carbocycles. The first kappa shape index (κ1) is 32.2. The van der Waals surface area contributed by atoms with Crippen LogP contribution < -0.4 is 0 Å². The van der Waals surface area contributed by atoms with Gasteiger partial charge in [0.1, 0.15) is 0 Å². The Bertz CT molecular complexity index is 3410. The minimum Gasteiger partial charge on any atom is -0.0616 e. The predicted molar refractivity (Wildman–Crippen MR) is 245 cm³/mol. The zero-order valence-electron chi connectivity index (χ0n) is 32.0. The fraction of sp³-hybridized carbons (Fsp3) is 0.0526. The van der Waals surface area contributed by atoms with Crippen LogP contribution in [0.2, 0.25) is 0 Å². The first-order valence-electron chi connectivity index (χ1n) is 20.1. The molecule has 0 nitrogen and oxygen atoms in total. The summed E-state index contributed by atoms with van der Waals surface area (Å²) in [6.07, 6.45) is 0. The SMILES string of the molecule is CC1(C)c2c(ccc3ccccc23)-c2c1c1ccc(-c3ccc(-c4c5ccccc5c(-c5cccc6ccccc56)c5ccccc45)cc3)cc1c1ccccc21. The first-order valence-corrected chi connectivity index (χ1v) is 20.1. The molecule has 1 aliphatic carbocycles. The molecule has 0 bridgehead atoms. The van der Waals surface area contributed by atoms with E-state index in [9.17, 15) is 0 Å². The van der Waals surface area contributed by atoms with E-state index in [1.165, 1.54) is 120 Å². The van der Waals surface area contributed by atoms with E-state index in [0.29, 0.717) is 0 Å². The number of fused-ring (bicyclic) bond motifs is 13. The lowest BCUT2D eigenvalue weighted by atomic mass is 9.77. The van der Waals surface area contributed by atoms with Gasteiger partial charge in [-0.25, -0.2) is 0 Å². The third kappa shape index (κ3) is 4.56. The maximum atomic E-state index is 2.44. The molecule has 11 aromatic rings. The van der Waals surface area contributed by atoms with E-state index >= 15 is 0 Å². The zero-order chi connectivity index (χ0) is 37.8. The van der Waals surface area contributed by atoms with E-state index in [2.05, 4.69) is 208 Å². The van der Waals surface area contributed by atoms with Gasteiger partial charge >= 0.3 is 0 Å². The Kier molecular flexibility index (Phi) is 6.78. The van der Waals surface area contributed by atoms with Crippen LogP contribution in [0.1, 0.15) is 25.0 Å². The highest BCUT2D eigenvalue weighted by Crippen LogP contribution is 2.56. The number of hydrogen-bond donors (Lipinski definition) is 0. The van der Waals surface area contributed by atoms with Crippen LogP contribution in [0.25, 0.3) is 109 Å². The van der Waals surface area contributed by atoms with Crippen LogP contribution in [0, 0.1) is 0 Å². The minimum absolute atomic E-state index is 0.147. The second-order valence-corrected chi connectivity index (χ2v) is 16.3. The van der Waals surface area contributed by atoms with E-state index < -0.39 is 0 Å². The molecule has 0 radical (unpaired) electrons. The molecule has 0 aromatic heterocycles. The van der Waals surface area contributed by atoms with Crippen LogP contribution in [-0.2, 0) is 5.41 Å². The zero-order valence-corrected chi connectivity index (χ0v) is 32.0. The maximum Gasteiger partial charge on any atom is 0.0171 e. The topological polar surface area (TPSA) is 0 Å². The molecule has 0 fully saturated rings. The molecule has 1 aliphatic rings. The molecule has 0 heteroatoms. The summed E-state index contributed by atoms with van der Waals surface area (Å²) in [7, 11) is 0. The van der Waals surface area contributed by atoms with Gasteiger partial charge in [-0.1, -0.05) is 202 Å². The van der Waals surface area contributed by atoms with Crippen molar-refractivity contribution >= 4 is 64.6 Å². The summed E-state index contributed by atoms with van der Waals surface area (Å²) >= 11 is 0. The molecule has 0 N–H and O–H groups in total. The van der Waals surface area contributed by atoms with Gasteiger partial charge in [-0.15, -0.1) is 0 Å². The van der Waals surface area contributed by atoms with E-state index in [-0.39, 0.29) is 5.41 Å². The van der Waals surface area contributed by atoms with Crippen molar-refractivity contribution in [3.05, 3.63) is 205 Å². The summed E-state index contributed by atoms with van der Waals surface area (Å²) in [5.74, 6) is 0. The fourth-order valence-corrected chi connectivity index (χ4v) is 10.6. The smallest absolute Gasteiger partial charge is 0.0171 e. The standard InChI is InChI=1S/C57H38/c1-57(2)55-41-18-6-4-15-37(41)30-33-50(55)54-44-20-8-7-19-42(44)51-34-39(31-32-49(51)56(54)57)35-26-28-38(29-27-35)52-45-21-9-11-23-47(45)53(48-24-12-10-22-46(48)52)43-25-13-16-36-14-3-5-17-40(36)43/h3-34H,1-2H3. The van der Waals surface area contributed by atoms with Gasteiger partial charge in [-0.3, -0.25) is 0 Å². The molecule has 12 rings (SSSR count). The summed E-state index contributed by atoms with van der Waals surface area (Å²) in [6, 6.07) is 72.4. The Labute approximate surface area is 332 Å². The summed E-state index contributed by atoms with van der Waals surface area (Å²) in [4.78, 5) is 0. The predicted octanol–water partition coefficient (Wildman–Crippen LogP) is 15.9. The quantitative estimate of drug-likeness (QED) is 0.126. The van der Waals surface area contributed by atoms with E-state index in [4.69, 9.17) is 0 Å². The summed E-state index contributed by atoms with van der Waals surface area (Å²) in [5.41, 5.74) is 13.0. The van der Waals surface area contributed by atoms with Crippen molar-refractivity contribution in [3.63, 3.8) is 0 Å². The number of benzene rings is 11. The van der Waals surface area contributed by atoms with Gasteiger partial charge in [0.05, 0.1) is 0 Å². The molecule has 0 heterocycles. The lowest BCUT2D eigenvalue weighted by molar-refractivity contribution is 0.672. The van der Waals surface area contributed by atoms with Crippen molar-refractivity contribution in [2.24, 2.45) is 0 Å². The lowest BCUT2D eigenvalue weighted by Crippen LogP contribution is -2.16. The number of rotatable bonds is 3. The molecule has 0 spiro atoms. The van der Waals surface area contributed by atoms with Crippen LogP contribution in [-0.4, -0.2) is 0 Å². The third-order valence-corrected chi connectivity index (χ3v) is 13.0. The van der Waals surface area contributed by atoms with Gasteiger partial charge < -0.3 is 0 Å². The average Bonchev–Trinajstić information content (AvgIpc) is 3.52. The van der Waals surface area contributed by atoms with Gasteiger partial charge in [0, 0.05) is 5.41 Å². The largest absolute Gasteiger partial charge is 0.0616 e. The molecule has 0 saturated carbocycles. The van der Waals surface area contributed by atoms with Crippen molar-refractivity contribution in [2.75, 3.05) is 0 Å². The molecule has 0 atom stereocenters. The van der Waals surface area contributed by atoms with Crippen molar-refractivity contribution in [2.45, 2.75) is 19.3 Å². The van der Waals surface area contributed by atoms with Gasteiger partial charge in [0.2, 0.25) is 0 Å². The fourth-order valence-electron chi connectivity index (χ4n) is 10.6. The molecular formula is C57H38. The van der Waals surface area contributed by atoms with Gasteiger partial charge in [-0.05, 0) is 126 Å². The normalized spacial score (nSPS) is 13.2. The van der Waals surface area contributed by atoms with Gasteiger partial charge in [-0.2, -0.15) is 0 Å². The van der Waals surface area contributed by atoms with Crippen LogP contribution >= 0.6 is 0 Å². The first-order chi connectivity index (χ1) is 28.1. The molecule has 57 heavy (non-hydrogen) atoms. The monoisotopic (exact) mass is 722 g/mol. The Balaban J connectivity index is 1.03. The summed E-state index contributed by atoms with van der Waals surface area (Å²) < 4.78 is 0. The van der Waals surface area contributed by atoms with E-state index in [1.54, 1.807) is 0 Å². The molecule has 266 valence electrons. The average molecular weight is 723 g/mol. The molecule has 0 unspecified atom stereocenters. The van der Waals surface area contributed by atoms with Gasteiger partial charge in [0.25, 0.3) is 0 Å². The van der Waals surface area contributed by atoms with Crippen LogP contribution in [0.4, 0.5) is 0 Å². The molecular weight excluding hydrogens is 685 g/mol. The Morgan fingerprint density at radius 3 is 1.42 bits per heavy atom. The molecule has 0 saturated heterocycles. The van der Waals surface area contributed by atoms with Crippen LogP contribution in [0.15, 0.2) is 194 Å². The Morgan fingerprint density at radius 1 is 0.263 bits per heavy atom. The van der Waals surface area contributed by atoms with Crippen molar-refractivity contribution in [1.82, 2.24) is 0 Å². The highest BCUT2D eigenvalue weighted by molar-refractivity contribution is 6.24. The lowest BCUT2D eigenvalue weighted by Gasteiger charge is -2.25. The highest BCUT2D eigenvalue weighted by atomic mass is 14.4. The summed E-state index contributed by atoms with van der Waals surface area (Å²) in [5, 5.41) is 15.6. The van der Waals surface area contributed by atoms with E-state index in [0.717, 1.165) is 0 Å². The minimum atomic E-state index is -0.147. The Morgan fingerprint density at radius 2 is 0.754 bits per heavy atom. The van der Waals surface area contributed by atoms with Crippen molar-refractivity contribution < 1.29 is 0 Å². The maximum absolute atomic E-state index is 2.44. The highest BCUT2D eigenvalue weighted by Gasteiger charge is 2.39.